The van der Waals surface area contributed by atoms with Crippen LogP contribution in [0.4, 0.5) is 0 Å². The molecule has 0 radical (unpaired) electrons. The number of aliphatic hydroxyl groups excluding tert-OH is 2. The van der Waals surface area contributed by atoms with E-state index in [1.807, 2.05) is 12.2 Å². The van der Waals surface area contributed by atoms with E-state index in [0.29, 0.717) is 25.9 Å². The zero-order valence-electron chi connectivity index (χ0n) is 37.1. The van der Waals surface area contributed by atoms with Crippen molar-refractivity contribution in [2.24, 2.45) is 0 Å². The van der Waals surface area contributed by atoms with Gasteiger partial charge in [-0.15, -0.1) is 0 Å². The molecule has 0 saturated carbocycles. The molecular formula is C50H93NO5. The van der Waals surface area contributed by atoms with Gasteiger partial charge in [0.1, 0.15) is 0 Å². The van der Waals surface area contributed by atoms with Crippen molar-refractivity contribution in [3.63, 3.8) is 0 Å². The fourth-order valence-corrected chi connectivity index (χ4v) is 7.15. The number of nitrogens with one attached hydrogen (secondary N) is 1. The topological polar surface area (TPSA) is 95.9 Å². The summed E-state index contributed by atoms with van der Waals surface area (Å²) in [6.07, 6.45) is 54.3. The van der Waals surface area contributed by atoms with Crippen LogP contribution in [0.25, 0.3) is 0 Å². The first-order valence-corrected chi connectivity index (χ1v) is 24.3. The SMILES string of the molecule is CCCCCCCCCCCCCC/C=C/C(O)C(CO)NC(=O)CC/C=C\C/C=C\CCCCCCCCOC(=O)CCCCCCCCCCCCCC. The van der Waals surface area contributed by atoms with Gasteiger partial charge in [-0.1, -0.05) is 217 Å². The van der Waals surface area contributed by atoms with Crippen LogP contribution < -0.4 is 5.32 Å². The average molecular weight is 788 g/mol. The molecule has 328 valence electrons. The fraction of sp³-hybridized carbons (Fsp3) is 0.840. The number of rotatable bonds is 44. The largest absolute Gasteiger partial charge is 0.466 e. The lowest BCUT2D eigenvalue weighted by Crippen LogP contribution is -2.45. The second kappa shape index (κ2) is 45.8. The predicted molar refractivity (Wildman–Crippen MR) is 241 cm³/mol. The Balaban J connectivity index is 3.60. The zero-order valence-corrected chi connectivity index (χ0v) is 37.1. The van der Waals surface area contributed by atoms with Crippen LogP contribution in [0, 0.1) is 0 Å². The van der Waals surface area contributed by atoms with Gasteiger partial charge in [-0.3, -0.25) is 9.59 Å². The lowest BCUT2D eigenvalue weighted by molar-refractivity contribution is -0.143. The van der Waals surface area contributed by atoms with E-state index in [9.17, 15) is 19.8 Å². The molecule has 0 aliphatic carbocycles. The summed E-state index contributed by atoms with van der Waals surface area (Å²) < 4.78 is 5.43. The number of carbonyl (C=O) groups excluding carboxylic acids is 2. The number of unbranched alkanes of at least 4 members (excludes halogenated alkanes) is 29. The van der Waals surface area contributed by atoms with E-state index in [1.54, 1.807) is 6.08 Å². The van der Waals surface area contributed by atoms with E-state index >= 15 is 0 Å². The van der Waals surface area contributed by atoms with Crippen molar-refractivity contribution in [2.45, 2.75) is 257 Å². The number of hydrogen-bond donors (Lipinski definition) is 3. The first kappa shape index (κ1) is 54.1. The summed E-state index contributed by atoms with van der Waals surface area (Å²) in [5.74, 6) is -0.168. The highest BCUT2D eigenvalue weighted by molar-refractivity contribution is 5.76. The Bertz CT molecular complexity index is 915. The Morgan fingerprint density at radius 2 is 0.911 bits per heavy atom. The molecule has 0 bridgehead atoms. The Kier molecular flexibility index (Phi) is 44.2. The normalized spacial score (nSPS) is 13.0. The van der Waals surface area contributed by atoms with Crippen LogP contribution in [-0.4, -0.2) is 47.4 Å². The molecule has 6 nitrogen and oxygen atoms in total. The van der Waals surface area contributed by atoms with Crippen molar-refractivity contribution in [1.29, 1.82) is 0 Å². The number of esters is 1. The van der Waals surface area contributed by atoms with E-state index in [1.165, 1.54) is 161 Å². The maximum absolute atomic E-state index is 12.4. The summed E-state index contributed by atoms with van der Waals surface area (Å²) >= 11 is 0. The standard InChI is InChI=1S/C50H93NO5/c1-3-5-7-9-11-13-15-17-19-22-26-30-34-38-42-48(53)47(46-52)51-49(54)43-39-35-31-27-23-20-18-21-25-29-33-37-41-45-56-50(55)44-40-36-32-28-24-16-14-12-10-8-6-4-2/h20,23,31,35,38,42,47-48,52-53H,3-19,21-22,24-30,32-34,36-37,39-41,43-46H2,1-2H3,(H,51,54)/b23-20-,35-31-,42-38+. The molecule has 0 aromatic rings. The van der Waals surface area contributed by atoms with Crippen LogP contribution in [0.1, 0.15) is 245 Å². The molecule has 0 rings (SSSR count). The summed E-state index contributed by atoms with van der Waals surface area (Å²) in [6.45, 7) is 4.82. The van der Waals surface area contributed by atoms with Crippen molar-refractivity contribution >= 4 is 11.9 Å². The number of allylic oxidation sites excluding steroid dienone is 5. The van der Waals surface area contributed by atoms with Gasteiger partial charge in [-0.05, 0) is 51.4 Å². The van der Waals surface area contributed by atoms with Crippen LogP contribution >= 0.6 is 0 Å². The zero-order chi connectivity index (χ0) is 40.8. The lowest BCUT2D eigenvalue weighted by atomic mass is 10.0. The number of aliphatic hydroxyl groups is 2. The molecule has 0 heterocycles. The smallest absolute Gasteiger partial charge is 0.305 e. The third-order valence-electron chi connectivity index (χ3n) is 10.9. The monoisotopic (exact) mass is 788 g/mol. The number of carbonyl (C=O) groups is 2. The molecule has 1 amide bonds. The van der Waals surface area contributed by atoms with Crippen LogP contribution in [0.2, 0.25) is 0 Å². The molecule has 0 saturated heterocycles. The Hall–Kier alpha value is -1.92. The molecule has 3 N–H and O–H groups in total. The van der Waals surface area contributed by atoms with Crippen molar-refractivity contribution < 1.29 is 24.5 Å². The summed E-state index contributed by atoms with van der Waals surface area (Å²) in [6, 6.07) is -0.670. The number of ether oxygens (including phenoxy) is 1. The predicted octanol–water partition coefficient (Wildman–Crippen LogP) is 14.1. The van der Waals surface area contributed by atoms with Crippen molar-refractivity contribution in [2.75, 3.05) is 13.2 Å². The third-order valence-corrected chi connectivity index (χ3v) is 10.9. The summed E-state index contributed by atoms with van der Waals surface area (Å²) in [5.41, 5.74) is 0. The lowest BCUT2D eigenvalue weighted by Gasteiger charge is -2.19. The molecule has 0 aliphatic rings. The molecular weight excluding hydrogens is 695 g/mol. The van der Waals surface area contributed by atoms with Gasteiger partial charge in [0.25, 0.3) is 0 Å². The van der Waals surface area contributed by atoms with Gasteiger partial charge >= 0.3 is 5.97 Å². The highest BCUT2D eigenvalue weighted by Crippen LogP contribution is 2.15. The quantitative estimate of drug-likeness (QED) is 0.0325. The van der Waals surface area contributed by atoms with Crippen LogP contribution in [-0.2, 0) is 14.3 Å². The molecule has 0 fully saturated rings. The first-order valence-electron chi connectivity index (χ1n) is 24.3. The molecule has 6 heteroatoms. The van der Waals surface area contributed by atoms with Gasteiger partial charge in [0.05, 0.1) is 25.4 Å². The summed E-state index contributed by atoms with van der Waals surface area (Å²) in [4.78, 5) is 24.3. The van der Waals surface area contributed by atoms with Gasteiger partial charge in [-0.2, -0.15) is 0 Å². The van der Waals surface area contributed by atoms with E-state index in [0.717, 1.165) is 51.4 Å². The molecule has 2 unspecified atom stereocenters. The van der Waals surface area contributed by atoms with Crippen molar-refractivity contribution in [1.82, 2.24) is 5.32 Å². The van der Waals surface area contributed by atoms with Gasteiger partial charge in [-0.25, -0.2) is 0 Å². The maximum Gasteiger partial charge on any atom is 0.305 e. The minimum Gasteiger partial charge on any atom is -0.466 e. The van der Waals surface area contributed by atoms with Crippen LogP contribution in [0.15, 0.2) is 36.5 Å². The Labute approximate surface area is 347 Å². The van der Waals surface area contributed by atoms with Gasteiger partial charge in [0.15, 0.2) is 0 Å². The average Bonchev–Trinajstić information content (AvgIpc) is 3.20. The highest BCUT2D eigenvalue weighted by atomic mass is 16.5. The third kappa shape index (κ3) is 41.7. The van der Waals surface area contributed by atoms with E-state index in [4.69, 9.17) is 4.74 Å². The summed E-state index contributed by atoms with van der Waals surface area (Å²) in [7, 11) is 0. The summed E-state index contributed by atoms with van der Waals surface area (Å²) in [5, 5.41) is 22.9. The van der Waals surface area contributed by atoms with Gasteiger partial charge in [0, 0.05) is 12.8 Å². The first-order chi connectivity index (χ1) is 27.5. The minimum atomic E-state index is -0.878. The van der Waals surface area contributed by atoms with E-state index in [-0.39, 0.29) is 18.5 Å². The number of hydrogen-bond acceptors (Lipinski definition) is 5. The molecule has 0 aromatic carbocycles. The van der Waals surface area contributed by atoms with Crippen LogP contribution in [0.3, 0.4) is 0 Å². The van der Waals surface area contributed by atoms with Crippen molar-refractivity contribution in [3.05, 3.63) is 36.5 Å². The fourth-order valence-electron chi connectivity index (χ4n) is 7.15. The maximum atomic E-state index is 12.4. The second-order valence-electron chi connectivity index (χ2n) is 16.4. The Morgan fingerprint density at radius 1 is 0.500 bits per heavy atom. The van der Waals surface area contributed by atoms with E-state index in [2.05, 4.69) is 37.4 Å². The molecule has 0 aromatic heterocycles. The number of amides is 1. The van der Waals surface area contributed by atoms with E-state index < -0.39 is 12.1 Å². The van der Waals surface area contributed by atoms with Gasteiger partial charge in [0.2, 0.25) is 5.91 Å². The van der Waals surface area contributed by atoms with Gasteiger partial charge < -0.3 is 20.3 Å². The Morgan fingerprint density at radius 3 is 1.39 bits per heavy atom. The molecule has 2 atom stereocenters. The van der Waals surface area contributed by atoms with Crippen LogP contribution in [0.5, 0.6) is 0 Å². The molecule has 56 heavy (non-hydrogen) atoms. The molecule has 0 aliphatic heterocycles. The van der Waals surface area contributed by atoms with Crippen molar-refractivity contribution in [3.8, 4) is 0 Å². The minimum absolute atomic E-state index is 0.0186. The highest BCUT2D eigenvalue weighted by Gasteiger charge is 2.17. The molecule has 0 spiro atoms. The second-order valence-corrected chi connectivity index (χ2v) is 16.4.